The molecule has 2 rings (SSSR count). The number of hydrogen-bond donors (Lipinski definition) is 0. The molecule has 1 aromatic carbocycles. The van der Waals surface area contributed by atoms with Crippen molar-refractivity contribution in [2.75, 3.05) is 0 Å². The van der Waals surface area contributed by atoms with Gasteiger partial charge in [0, 0.05) is 0 Å². The Balaban J connectivity index is 1.99. The molecular formula is C22H32. The second-order valence-electron chi connectivity index (χ2n) is 7.40. The summed E-state index contributed by atoms with van der Waals surface area (Å²) in [6, 6.07) is 10.8. The zero-order chi connectivity index (χ0) is 16.0. The largest absolute Gasteiger partial charge is 0.0809 e. The quantitative estimate of drug-likeness (QED) is 0.502. The predicted octanol–water partition coefficient (Wildman–Crippen LogP) is 6.87. The lowest BCUT2D eigenvalue weighted by atomic mass is 9.71. The summed E-state index contributed by atoms with van der Waals surface area (Å²) in [6.45, 7) is 9.52. The summed E-state index contributed by atoms with van der Waals surface area (Å²) in [5, 5.41) is 0. The van der Waals surface area contributed by atoms with Gasteiger partial charge in [-0.2, -0.15) is 0 Å². The van der Waals surface area contributed by atoms with E-state index in [2.05, 4.69) is 64.1 Å². The maximum Gasteiger partial charge on any atom is -0.00948 e. The fraction of sp³-hybridized carbons (Fsp3) is 0.545. The Morgan fingerprint density at radius 2 is 1.91 bits per heavy atom. The van der Waals surface area contributed by atoms with Crippen molar-refractivity contribution in [1.29, 1.82) is 0 Å². The average Bonchev–Trinajstić information content (AvgIpc) is 2.50. The van der Waals surface area contributed by atoms with Gasteiger partial charge in [0.2, 0.25) is 0 Å². The summed E-state index contributed by atoms with van der Waals surface area (Å²) in [5.41, 5.74) is 6.85. The van der Waals surface area contributed by atoms with Gasteiger partial charge in [-0.1, -0.05) is 73.9 Å². The highest BCUT2D eigenvalue weighted by Gasteiger charge is 2.27. The van der Waals surface area contributed by atoms with Gasteiger partial charge in [0.25, 0.3) is 0 Å². The molecule has 120 valence electrons. The number of hydrogen-bond acceptors (Lipinski definition) is 0. The summed E-state index contributed by atoms with van der Waals surface area (Å²) in [4.78, 5) is 0. The molecular weight excluding hydrogens is 264 g/mol. The average molecular weight is 296 g/mol. The van der Waals surface area contributed by atoms with Crippen LogP contribution in [0.15, 0.2) is 53.1 Å². The Morgan fingerprint density at radius 3 is 2.55 bits per heavy atom. The van der Waals surface area contributed by atoms with Gasteiger partial charge in [0.15, 0.2) is 0 Å². The Bertz CT molecular complexity index is 528. The third-order valence-corrected chi connectivity index (χ3v) is 5.31. The van der Waals surface area contributed by atoms with Gasteiger partial charge in [-0.25, -0.2) is 0 Å². The maximum atomic E-state index is 2.46. The van der Waals surface area contributed by atoms with Crippen LogP contribution in [0.25, 0.3) is 0 Å². The van der Waals surface area contributed by atoms with Crippen molar-refractivity contribution in [2.45, 2.75) is 72.6 Å². The minimum absolute atomic E-state index is 0.417. The van der Waals surface area contributed by atoms with E-state index in [1.807, 2.05) is 0 Å². The van der Waals surface area contributed by atoms with E-state index >= 15 is 0 Å². The monoisotopic (exact) mass is 296 g/mol. The first-order valence-electron chi connectivity index (χ1n) is 8.94. The summed E-state index contributed by atoms with van der Waals surface area (Å²) < 4.78 is 0. The Morgan fingerprint density at radius 1 is 1.18 bits per heavy atom. The molecule has 0 nitrogen and oxygen atoms in total. The van der Waals surface area contributed by atoms with Crippen LogP contribution in [0.3, 0.4) is 0 Å². The molecule has 0 aromatic heterocycles. The second-order valence-corrected chi connectivity index (χ2v) is 7.40. The fourth-order valence-corrected chi connectivity index (χ4v) is 3.81. The molecule has 22 heavy (non-hydrogen) atoms. The van der Waals surface area contributed by atoms with Gasteiger partial charge >= 0.3 is 0 Å². The molecule has 0 amide bonds. The normalized spacial score (nSPS) is 18.6. The lowest BCUT2D eigenvalue weighted by Crippen LogP contribution is -2.20. The maximum absolute atomic E-state index is 2.46. The van der Waals surface area contributed by atoms with Crippen LogP contribution in [0.1, 0.15) is 71.8 Å². The van der Waals surface area contributed by atoms with Crippen LogP contribution in [0.4, 0.5) is 0 Å². The topological polar surface area (TPSA) is 0 Å². The van der Waals surface area contributed by atoms with Crippen molar-refractivity contribution in [2.24, 2.45) is 5.41 Å². The van der Waals surface area contributed by atoms with Crippen molar-refractivity contribution in [3.05, 3.63) is 58.7 Å². The molecule has 0 saturated heterocycles. The van der Waals surface area contributed by atoms with E-state index < -0.39 is 0 Å². The van der Waals surface area contributed by atoms with Crippen molar-refractivity contribution < 1.29 is 0 Å². The second kappa shape index (κ2) is 7.81. The van der Waals surface area contributed by atoms with Crippen LogP contribution in [0.5, 0.6) is 0 Å². The van der Waals surface area contributed by atoms with Gasteiger partial charge in [-0.15, -0.1) is 0 Å². The third kappa shape index (κ3) is 4.60. The summed E-state index contributed by atoms with van der Waals surface area (Å²) >= 11 is 0. The van der Waals surface area contributed by atoms with E-state index in [1.165, 1.54) is 44.1 Å². The van der Waals surface area contributed by atoms with Crippen molar-refractivity contribution in [3.8, 4) is 0 Å². The Kier molecular flexibility index (Phi) is 6.06. The number of rotatable bonds is 6. The molecule has 0 N–H and O–H groups in total. The standard InChI is InChI=1S/C22H32/c1-5-19(13-14-20-11-7-6-8-12-20)15-16-21-18(2)10-9-17-22(21,3)4/h6-8,11-13H,5,9-10,14-17H2,1-4H3. The zero-order valence-electron chi connectivity index (χ0n) is 14.9. The summed E-state index contributed by atoms with van der Waals surface area (Å²) in [5.74, 6) is 0. The first kappa shape index (κ1) is 17.1. The molecule has 0 fully saturated rings. The van der Waals surface area contributed by atoms with Gasteiger partial charge in [0.1, 0.15) is 0 Å². The number of allylic oxidation sites excluding steroid dienone is 4. The smallest absolute Gasteiger partial charge is 0.00948 e. The van der Waals surface area contributed by atoms with E-state index in [4.69, 9.17) is 0 Å². The summed E-state index contributed by atoms with van der Waals surface area (Å²) in [6.07, 6.45) is 11.2. The minimum Gasteiger partial charge on any atom is -0.0809 e. The van der Waals surface area contributed by atoms with Crippen LogP contribution < -0.4 is 0 Å². The van der Waals surface area contributed by atoms with E-state index in [0.29, 0.717) is 5.41 Å². The molecule has 0 unspecified atom stereocenters. The molecule has 0 heteroatoms. The lowest BCUT2D eigenvalue weighted by Gasteiger charge is -2.35. The molecule has 0 radical (unpaired) electrons. The van der Waals surface area contributed by atoms with Crippen LogP contribution in [0, 0.1) is 5.41 Å². The predicted molar refractivity (Wildman–Crippen MR) is 98.1 cm³/mol. The molecule has 0 saturated carbocycles. The molecule has 0 atom stereocenters. The van der Waals surface area contributed by atoms with Gasteiger partial charge in [-0.3, -0.25) is 0 Å². The molecule has 0 aliphatic heterocycles. The summed E-state index contributed by atoms with van der Waals surface area (Å²) in [7, 11) is 0. The van der Waals surface area contributed by atoms with Gasteiger partial charge in [0.05, 0.1) is 0 Å². The molecule has 1 aliphatic carbocycles. The van der Waals surface area contributed by atoms with Gasteiger partial charge in [-0.05, 0) is 62.8 Å². The molecule has 0 spiro atoms. The highest BCUT2D eigenvalue weighted by Crippen LogP contribution is 2.42. The van der Waals surface area contributed by atoms with Crippen molar-refractivity contribution in [3.63, 3.8) is 0 Å². The molecule has 1 aromatic rings. The van der Waals surface area contributed by atoms with E-state index in [1.54, 1.807) is 16.7 Å². The van der Waals surface area contributed by atoms with Crippen molar-refractivity contribution in [1.82, 2.24) is 0 Å². The van der Waals surface area contributed by atoms with Crippen LogP contribution >= 0.6 is 0 Å². The highest BCUT2D eigenvalue weighted by atomic mass is 14.3. The first-order chi connectivity index (χ1) is 10.5. The first-order valence-corrected chi connectivity index (χ1v) is 8.94. The van der Waals surface area contributed by atoms with Crippen LogP contribution in [-0.4, -0.2) is 0 Å². The minimum atomic E-state index is 0.417. The Hall–Kier alpha value is -1.30. The molecule has 0 bridgehead atoms. The Labute approximate surface area is 137 Å². The highest BCUT2D eigenvalue weighted by molar-refractivity contribution is 5.24. The zero-order valence-corrected chi connectivity index (χ0v) is 14.9. The fourth-order valence-electron chi connectivity index (χ4n) is 3.81. The molecule has 1 aliphatic rings. The van der Waals surface area contributed by atoms with E-state index in [-0.39, 0.29) is 0 Å². The molecule has 0 heterocycles. The number of benzene rings is 1. The lowest BCUT2D eigenvalue weighted by molar-refractivity contribution is 0.354. The van der Waals surface area contributed by atoms with E-state index in [9.17, 15) is 0 Å². The third-order valence-electron chi connectivity index (χ3n) is 5.31. The van der Waals surface area contributed by atoms with Crippen LogP contribution in [0.2, 0.25) is 0 Å². The van der Waals surface area contributed by atoms with Gasteiger partial charge < -0.3 is 0 Å². The van der Waals surface area contributed by atoms with Crippen molar-refractivity contribution >= 4 is 0 Å². The van der Waals surface area contributed by atoms with Crippen LogP contribution in [-0.2, 0) is 6.42 Å². The van der Waals surface area contributed by atoms with E-state index in [0.717, 1.165) is 6.42 Å². The SMILES string of the molecule is CCC(=CCc1ccccc1)CCC1=C(C)CCCC1(C)C.